The van der Waals surface area contributed by atoms with Crippen LogP contribution in [0.4, 0.5) is 48.3 Å². The van der Waals surface area contributed by atoms with Gasteiger partial charge in [0.25, 0.3) is 0 Å². The molecule has 0 radical (unpaired) electrons. The summed E-state index contributed by atoms with van der Waals surface area (Å²) in [4.78, 5) is 0. The van der Waals surface area contributed by atoms with Gasteiger partial charge in [0, 0.05) is 17.0 Å². The fourth-order valence-electron chi connectivity index (χ4n) is 5.43. The van der Waals surface area contributed by atoms with Gasteiger partial charge in [-0.1, -0.05) is 50.5 Å². The highest BCUT2D eigenvalue weighted by molar-refractivity contribution is 5.72. The summed E-state index contributed by atoms with van der Waals surface area (Å²) >= 11 is 0. The molecule has 0 aromatic heterocycles. The summed E-state index contributed by atoms with van der Waals surface area (Å²) in [5.74, 6) is -10.0. The van der Waals surface area contributed by atoms with Crippen LogP contribution >= 0.6 is 0 Å². The van der Waals surface area contributed by atoms with Gasteiger partial charge in [0.2, 0.25) is 0 Å². The number of alkyl halides is 6. The average molecular weight is 735 g/mol. The van der Waals surface area contributed by atoms with E-state index in [0.29, 0.717) is 24.3 Å². The van der Waals surface area contributed by atoms with Crippen LogP contribution < -0.4 is 9.47 Å². The van der Waals surface area contributed by atoms with Crippen molar-refractivity contribution in [2.24, 2.45) is 5.92 Å². The lowest BCUT2D eigenvalue weighted by Gasteiger charge is -2.30. The Bertz CT molecular complexity index is 1780. The van der Waals surface area contributed by atoms with E-state index in [-0.39, 0.29) is 35.8 Å². The van der Waals surface area contributed by atoms with E-state index in [2.05, 4.69) is 16.4 Å². The van der Waals surface area contributed by atoms with Gasteiger partial charge in [-0.2, -0.15) is 26.3 Å². The lowest BCUT2D eigenvalue weighted by molar-refractivity contribution is -0.255. The molecule has 0 bridgehead atoms. The van der Waals surface area contributed by atoms with Crippen LogP contribution in [0.2, 0.25) is 0 Å². The summed E-state index contributed by atoms with van der Waals surface area (Å²) in [7, 11) is 0. The Labute approximate surface area is 284 Å². The van der Waals surface area contributed by atoms with Gasteiger partial charge < -0.3 is 18.9 Å². The molecule has 0 aliphatic carbocycles. The summed E-state index contributed by atoms with van der Waals surface area (Å²) < 4.78 is 174. The number of unbranched alkanes of at least 4 members (excludes halogenated alkanes) is 2. The second kappa shape index (κ2) is 15.5. The zero-order valence-corrected chi connectivity index (χ0v) is 26.6. The minimum Gasteiger partial charge on any atom is -0.429 e. The zero-order valence-electron chi connectivity index (χ0n) is 26.6. The van der Waals surface area contributed by atoms with Crippen molar-refractivity contribution in [3.05, 3.63) is 107 Å². The van der Waals surface area contributed by atoms with Gasteiger partial charge in [-0.05, 0) is 65.6 Å². The first kappa shape index (κ1) is 37.9. The molecule has 274 valence electrons. The van der Waals surface area contributed by atoms with Gasteiger partial charge in [-0.25, -0.2) is 22.0 Å². The molecule has 5 rings (SSSR count). The van der Waals surface area contributed by atoms with Gasteiger partial charge in [0.1, 0.15) is 28.8 Å². The van der Waals surface area contributed by atoms with Crippen molar-refractivity contribution in [3.8, 4) is 33.8 Å². The van der Waals surface area contributed by atoms with Crippen molar-refractivity contribution in [3.63, 3.8) is 0 Å². The van der Waals surface area contributed by atoms with Crippen molar-refractivity contribution in [1.29, 1.82) is 0 Å². The van der Waals surface area contributed by atoms with Crippen LogP contribution in [0.15, 0.2) is 66.7 Å². The highest BCUT2D eigenvalue weighted by atomic mass is 19.3. The Hall–Kier alpha value is -4.37. The van der Waals surface area contributed by atoms with Crippen molar-refractivity contribution in [1.82, 2.24) is 0 Å². The molecule has 4 nitrogen and oxygen atoms in total. The quantitative estimate of drug-likeness (QED) is 0.101. The molecule has 0 unspecified atom stereocenters. The highest BCUT2D eigenvalue weighted by Crippen LogP contribution is 2.39. The molecule has 1 aliphatic rings. The Morgan fingerprint density at radius 2 is 1.25 bits per heavy atom. The van der Waals surface area contributed by atoms with E-state index in [0.717, 1.165) is 49.9 Å². The van der Waals surface area contributed by atoms with E-state index < -0.39 is 82.2 Å². The molecule has 0 amide bonds. The van der Waals surface area contributed by atoms with Crippen LogP contribution in [0, 0.1) is 35.0 Å². The SMILES string of the molecule is CCCCCC1COC(c2cc(F)c(C(F)(F)Oc3ccc(-c4ccc(-c5cc(F)c(OC(F)(F)C(F)F)c(F)c5)c(F)c4)cc3)c(F)c2)OC1. The van der Waals surface area contributed by atoms with Crippen molar-refractivity contribution in [2.45, 2.75) is 57.5 Å². The maximum atomic E-state index is 15.1. The number of hydrogen-bond donors (Lipinski definition) is 0. The standard InChI is InChI=1S/C36H29F11O4/c1-2-3-4-5-19-17-48-33(49-18-19)23-15-27(38)31(28(39)16-23)35(44,45)50-24-9-6-20(7-10-24)21-8-11-25(26(37)12-21)22-13-29(40)32(30(41)14-22)51-36(46,47)34(42)43/h6-16,19,33-34H,2-5,17-18H2,1H3. The van der Waals surface area contributed by atoms with Crippen molar-refractivity contribution < 1.29 is 67.2 Å². The normalized spacial score (nSPS) is 16.8. The van der Waals surface area contributed by atoms with Crippen LogP contribution in [-0.2, 0) is 15.6 Å². The molecule has 1 heterocycles. The number of rotatable bonds is 13. The van der Waals surface area contributed by atoms with Crippen LogP contribution in [0.25, 0.3) is 22.3 Å². The van der Waals surface area contributed by atoms with Gasteiger partial charge in [-0.3, -0.25) is 0 Å². The molecule has 0 atom stereocenters. The largest absolute Gasteiger partial charge is 0.461 e. The van der Waals surface area contributed by atoms with E-state index in [1.54, 1.807) is 0 Å². The second-order valence-electron chi connectivity index (χ2n) is 11.8. The average Bonchev–Trinajstić information content (AvgIpc) is 3.06. The summed E-state index contributed by atoms with van der Waals surface area (Å²) in [6.45, 7) is 2.64. The Morgan fingerprint density at radius 3 is 1.80 bits per heavy atom. The van der Waals surface area contributed by atoms with Crippen molar-refractivity contribution in [2.75, 3.05) is 13.2 Å². The third kappa shape index (κ3) is 8.75. The maximum Gasteiger partial charge on any atom is 0.461 e. The summed E-state index contributed by atoms with van der Waals surface area (Å²) in [6, 6.07) is 9.93. The minimum atomic E-state index is -5.19. The lowest BCUT2D eigenvalue weighted by atomic mass is 9.99. The molecular weight excluding hydrogens is 705 g/mol. The number of benzene rings is 4. The maximum absolute atomic E-state index is 15.1. The van der Waals surface area contributed by atoms with E-state index in [1.165, 1.54) is 18.2 Å². The monoisotopic (exact) mass is 734 g/mol. The minimum absolute atomic E-state index is 0.109. The van der Waals surface area contributed by atoms with Gasteiger partial charge in [0.15, 0.2) is 23.7 Å². The summed E-state index contributed by atoms with van der Waals surface area (Å²) in [5.41, 5.74) is -2.28. The molecule has 1 fully saturated rings. The molecule has 15 heteroatoms. The van der Waals surface area contributed by atoms with Gasteiger partial charge >= 0.3 is 18.6 Å². The van der Waals surface area contributed by atoms with E-state index in [9.17, 15) is 35.1 Å². The molecular formula is C36H29F11O4. The van der Waals surface area contributed by atoms with E-state index >= 15 is 13.2 Å². The molecule has 0 N–H and O–H groups in total. The molecule has 0 spiro atoms. The topological polar surface area (TPSA) is 36.9 Å². The molecule has 1 saturated heterocycles. The highest BCUT2D eigenvalue weighted by Gasteiger charge is 2.45. The Morgan fingerprint density at radius 1 is 0.686 bits per heavy atom. The zero-order chi connectivity index (χ0) is 37.1. The molecule has 1 aliphatic heterocycles. The Balaban J connectivity index is 1.27. The first-order valence-electron chi connectivity index (χ1n) is 15.6. The third-order valence-electron chi connectivity index (χ3n) is 8.01. The molecule has 0 saturated carbocycles. The summed E-state index contributed by atoms with van der Waals surface area (Å²) in [6.07, 6.45) is -11.3. The molecule has 4 aromatic rings. The smallest absolute Gasteiger partial charge is 0.429 e. The second-order valence-corrected chi connectivity index (χ2v) is 11.8. The lowest BCUT2D eigenvalue weighted by Crippen LogP contribution is -2.34. The van der Waals surface area contributed by atoms with Gasteiger partial charge in [0.05, 0.1) is 13.2 Å². The van der Waals surface area contributed by atoms with Gasteiger partial charge in [-0.15, -0.1) is 0 Å². The van der Waals surface area contributed by atoms with Crippen LogP contribution in [0.3, 0.4) is 0 Å². The first-order chi connectivity index (χ1) is 24.1. The third-order valence-corrected chi connectivity index (χ3v) is 8.01. The fourth-order valence-corrected chi connectivity index (χ4v) is 5.43. The summed E-state index contributed by atoms with van der Waals surface area (Å²) in [5, 5.41) is 0. The first-order valence-corrected chi connectivity index (χ1v) is 15.6. The molecule has 51 heavy (non-hydrogen) atoms. The fraction of sp³-hybridized carbons (Fsp3) is 0.333. The van der Waals surface area contributed by atoms with Crippen molar-refractivity contribution >= 4 is 0 Å². The number of halogens is 11. The molecule has 4 aromatic carbocycles. The van der Waals surface area contributed by atoms with Crippen LogP contribution in [0.1, 0.15) is 50.0 Å². The number of hydrogen-bond acceptors (Lipinski definition) is 4. The predicted octanol–water partition coefficient (Wildman–Crippen LogP) is 11.3. The van der Waals surface area contributed by atoms with Crippen LogP contribution in [0.5, 0.6) is 11.5 Å². The number of ether oxygens (including phenoxy) is 4. The van der Waals surface area contributed by atoms with E-state index in [4.69, 9.17) is 9.47 Å². The van der Waals surface area contributed by atoms with E-state index in [1.807, 2.05) is 0 Å². The predicted molar refractivity (Wildman–Crippen MR) is 162 cm³/mol. The van der Waals surface area contributed by atoms with Crippen LogP contribution in [-0.4, -0.2) is 25.7 Å². The Kier molecular flexibility index (Phi) is 11.5.